The summed E-state index contributed by atoms with van der Waals surface area (Å²) in [4.78, 5) is 35.4. The van der Waals surface area contributed by atoms with Gasteiger partial charge in [0, 0.05) is 18.4 Å². The summed E-state index contributed by atoms with van der Waals surface area (Å²) in [6.45, 7) is 0.210. The SMILES string of the molecule is O=C1CCN(c2n[nH]c3c(C(=O)O)cccc23)C(=O)N1. The van der Waals surface area contributed by atoms with Crippen molar-refractivity contribution in [1.82, 2.24) is 15.5 Å². The van der Waals surface area contributed by atoms with Gasteiger partial charge in [-0.15, -0.1) is 0 Å². The molecule has 0 aliphatic carbocycles. The molecule has 1 aliphatic rings. The third-order valence-electron chi connectivity index (χ3n) is 3.12. The van der Waals surface area contributed by atoms with Gasteiger partial charge in [-0.25, -0.2) is 9.59 Å². The van der Waals surface area contributed by atoms with Gasteiger partial charge in [0.25, 0.3) is 0 Å². The highest BCUT2D eigenvalue weighted by Gasteiger charge is 2.28. The Labute approximate surface area is 112 Å². The highest BCUT2D eigenvalue weighted by atomic mass is 16.4. The second-order valence-corrected chi connectivity index (χ2v) is 4.34. The van der Waals surface area contributed by atoms with Crippen molar-refractivity contribution in [2.45, 2.75) is 6.42 Å². The molecule has 3 rings (SSSR count). The minimum absolute atomic E-state index is 0.0785. The van der Waals surface area contributed by atoms with Crippen LogP contribution in [-0.4, -0.2) is 39.8 Å². The molecule has 0 radical (unpaired) electrons. The molecule has 8 heteroatoms. The predicted molar refractivity (Wildman–Crippen MR) is 68.6 cm³/mol. The summed E-state index contributed by atoms with van der Waals surface area (Å²) in [7, 11) is 0. The number of fused-ring (bicyclic) bond motifs is 1. The summed E-state index contributed by atoms with van der Waals surface area (Å²) >= 11 is 0. The highest BCUT2D eigenvalue weighted by molar-refractivity contribution is 6.11. The maximum atomic E-state index is 11.8. The number of carbonyl (C=O) groups excluding carboxylic acids is 2. The van der Waals surface area contributed by atoms with Gasteiger partial charge >= 0.3 is 12.0 Å². The lowest BCUT2D eigenvalue weighted by Gasteiger charge is -2.24. The number of aromatic nitrogens is 2. The van der Waals surface area contributed by atoms with Crippen LogP contribution in [0, 0.1) is 0 Å². The van der Waals surface area contributed by atoms with E-state index < -0.39 is 12.0 Å². The number of carboxylic acid groups (broad SMARTS) is 1. The highest BCUT2D eigenvalue weighted by Crippen LogP contribution is 2.27. The van der Waals surface area contributed by atoms with E-state index in [0.717, 1.165) is 0 Å². The van der Waals surface area contributed by atoms with Gasteiger partial charge in [-0.3, -0.25) is 20.1 Å². The Morgan fingerprint density at radius 3 is 2.85 bits per heavy atom. The van der Waals surface area contributed by atoms with Crippen molar-refractivity contribution in [3.05, 3.63) is 23.8 Å². The van der Waals surface area contributed by atoms with Crippen LogP contribution < -0.4 is 10.2 Å². The van der Waals surface area contributed by atoms with Crippen LogP contribution in [0.3, 0.4) is 0 Å². The first-order chi connectivity index (χ1) is 9.58. The third-order valence-corrected chi connectivity index (χ3v) is 3.12. The molecule has 0 atom stereocenters. The number of nitrogens with one attached hydrogen (secondary N) is 2. The monoisotopic (exact) mass is 274 g/mol. The van der Waals surface area contributed by atoms with Crippen molar-refractivity contribution >= 4 is 34.6 Å². The molecule has 1 aromatic heterocycles. The molecule has 0 saturated carbocycles. The van der Waals surface area contributed by atoms with Crippen molar-refractivity contribution < 1.29 is 19.5 Å². The largest absolute Gasteiger partial charge is 0.478 e. The fourth-order valence-corrected chi connectivity index (χ4v) is 2.18. The Kier molecular flexibility index (Phi) is 2.63. The van der Waals surface area contributed by atoms with Crippen molar-refractivity contribution in [2.24, 2.45) is 0 Å². The molecule has 2 heterocycles. The maximum Gasteiger partial charge on any atom is 0.337 e. The van der Waals surface area contributed by atoms with Crippen LogP contribution in [0.5, 0.6) is 0 Å². The third kappa shape index (κ3) is 1.78. The van der Waals surface area contributed by atoms with Crippen LogP contribution in [0.1, 0.15) is 16.8 Å². The van der Waals surface area contributed by atoms with Gasteiger partial charge in [0.05, 0.1) is 11.1 Å². The first kappa shape index (κ1) is 12.2. The average Bonchev–Trinajstić information content (AvgIpc) is 2.82. The van der Waals surface area contributed by atoms with E-state index in [1.165, 1.54) is 11.0 Å². The molecule has 1 fully saturated rings. The molecule has 0 bridgehead atoms. The number of amides is 3. The fraction of sp³-hybridized carbons (Fsp3) is 0.167. The fourth-order valence-electron chi connectivity index (χ4n) is 2.18. The van der Waals surface area contributed by atoms with E-state index >= 15 is 0 Å². The number of carbonyl (C=O) groups is 3. The maximum absolute atomic E-state index is 11.8. The van der Waals surface area contributed by atoms with E-state index in [0.29, 0.717) is 16.7 Å². The number of aromatic amines is 1. The lowest BCUT2D eigenvalue weighted by atomic mass is 10.1. The first-order valence-electron chi connectivity index (χ1n) is 5.89. The van der Waals surface area contributed by atoms with Gasteiger partial charge in [-0.05, 0) is 12.1 Å². The standard InChI is InChI=1S/C12H10N4O4/c17-8-4-5-16(12(20)13-8)10-6-2-1-3-7(11(18)19)9(6)14-15-10/h1-3H,4-5H2,(H,14,15)(H,18,19)(H,13,17,20). The van der Waals surface area contributed by atoms with Crippen molar-refractivity contribution in [1.29, 1.82) is 0 Å². The molecule has 102 valence electrons. The molecular weight excluding hydrogens is 264 g/mol. The summed E-state index contributed by atoms with van der Waals surface area (Å²) in [6, 6.07) is 4.14. The van der Waals surface area contributed by atoms with Gasteiger partial charge in [0.1, 0.15) is 0 Å². The van der Waals surface area contributed by atoms with Gasteiger partial charge in [0.15, 0.2) is 5.82 Å². The van der Waals surface area contributed by atoms with Crippen LogP contribution in [0.2, 0.25) is 0 Å². The quantitative estimate of drug-likeness (QED) is 0.745. The van der Waals surface area contributed by atoms with E-state index in [1.807, 2.05) is 0 Å². The Morgan fingerprint density at radius 1 is 1.35 bits per heavy atom. The van der Waals surface area contributed by atoms with Crippen LogP contribution in [0.25, 0.3) is 10.9 Å². The zero-order valence-electron chi connectivity index (χ0n) is 10.2. The molecule has 1 aliphatic heterocycles. The second-order valence-electron chi connectivity index (χ2n) is 4.34. The number of hydrogen-bond donors (Lipinski definition) is 3. The predicted octanol–water partition coefficient (Wildman–Crippen LogP) is 0.707. The Balaban J connectivity index is 2.09. The van der Waals surface area contributed by atoms with E-state index in [1.54, 1.807) is 12.1 Å². The van der Waals surface area contributed by atoms with E-state index in [4.69, 9.17) is 5.11 Å². The Bertz CT molecular complexity index is 736. The lowest BCUT2D eigenvalue weighted by Crippen LogP contribution is -2.49. The second kappa shape index (κ2) is 4.34. The molecule has 0 unspecified atom stereocenters. The molecular formula is C12H10N4O4. The van der Waals surface area contributed by atoms with Crippen LogP contribution >= 0.6 is 0 Å². The summed E-state index contributed by atoms with van der Waals surface area (Å²) in [6.07, 6.45) is 0.179. The number of benzene rings is 1. The normalized spacial score (nSPS) is 15.5. The van der Waals surface area contributed by atoms with Crippen molar-refractivity contribution in [2.75, 3.05) is 11.4 Å². The molecule has 1 saturated heterocycles. The first-order valence-corrected chi connectivity index (χ1v) is 5.89. The zero-order valence-corrected chi connectivity index (χ0v) is 10.2. The number of imide groups is 1. The minimum Gasteiger partial charge on any atom is -0.478 e. The van der Waals surface area contributed by atoms with Gasteiger partial charge in [0.2, 0.25) is 5.91 Å². The van der Waals surface area contributed by atoms with Crippen LogP contribution in [0.15, 0.2) is 18.2 Å². The number of aromatic carboxylic acids is 1. The molecule has 3 amide bonds. The number of urea groups is 1. The van der Waals surface area contributed by atoms with Crippen LogP contribution in [0.4, 0.5) is 10.6 Å². The Morgan fingerprint density at radius 2 is 2.15 bits per heavy atom. The molecule has 3 N–H and O–H groups in total. The number of para-hydroxylation sites is 1. The number of anilines is 1. The molecule has 8 nitrogen and oxygen atoms in total. The Hall–Kier alpha value is -2.90. The summed E-state index contributed by atoms with van der Waals surface area (Å²) in [5.74, 6) is -1.10. The van der Waals surface area contributed by atoms with Gasteiger partial charge in [-0.2, -0.15) is 5.10 Å². The molecule has 0 spiro atoms. The van der Waals surface area contributed by atoms with Crippen LogP contribution in [-0.2, 0) is 4.79 Å². The average molecular weight is 274 g/mol. The summed E-state index contributed by atoms with van der Waals surface area (Å²) in [5.41, 5.74) is 0.425. The minimum atomic E-state index is -1.08. The number of rotatable bonds is 2. The number of nitrogens with zero attached hydrogens (tertiary/aromatic N) is 2. The zero-order chi connectivity index (χ0) is 14.3. The number of H-pyrrole nitrogens is 1. The van der Waals surface area contributed by atoms with Crippen molar-refractivity contribution in [3.8, 4) is 0 Å². The topological polar surface area (TPSA) is 115 Å². The van der Waals surface area contributed by atoms with Crippen molar-refractivity contribution in [3.63, 3.8) is 0 Å². The molecule has 20 heavy (non-hydrogen) atoms. The smallest absolute Gasteiger partial charge is 0.337 e. The van der Waals surface area contributed by atoms with E-state index in [9.17, 15) is 14.4 Å². The molecule has 2 aromatic rings. The van der Waals surface area contributed by atoms with Gasteiger partial charge in [-0.1, -0.05) is 6.07 Å². The van der Waals surface area contributed by atoms with E-state index in [-0.39, 0.29) is 24.4 Å². The lowest BCUT2D eigenvalue weighted by molar-refractivity contribution is -0.120. The molecule has 1 aromatic carbocycles. The van der Waals surface area contributed by atoms with E-state index in [2.05, 4.69) is 15.5 Å². The van der Waals surface area contributed by atoms with Gasteiger partial charge < -0.3 is 5.11 Å². The summed E-state index contributed by atoms with van der Waals surface area (Å²) in [5, 5.41) is 18.5. The number of hydrogen-bond acceptors (Lipinski definition) is 4. The number of carboxylic acids is 1. The summed E-state index contributed by atoms with van der Waals surface area (Å²) < 4.78 is 0.